The van der Waals surface area contributed by atoms with Crippen LogP contribution in [0.5, 0.6) is 0 Å². The van der Waals surface area contributed by atoms with Crippen LogP contribution in [0.3, 0.4) is 0 Å². The number of H-pyrrole nitrogens is 1. The first-order chi connectivity index (χ1) is 15.4. The van der Waals surface area contributed by atoms with Gasteiger partial charge in [-0.25, -0.2) is 0 Å². The molecule has 0 atom stereocenters. The number of hydrogen-bond donors (Lipinski definition) is 3. The van der Waals surface area contributed by atoms with Crippen molar-refractivity contribution in [2.45, 2.75) is 6.92 Å². The van der Waals surface area contributed by atoms with E-state index in [4.69, 9.17) is 11.0 Å². The molecule has 0 bridgehead atoms. The van der Waals surface area contributed by atoms with Crippen LogP contribution in [0.25, 0.3) is 33.3 Å². The molecule has 0 unspecified atom stereocenters. The Kier molecular flexibility index (Phi) is 5.32. The zero-order chi connectivity index (χ0) is 22.8. The number of nitrogens with zero attached hydrogens (tertiary/aromatic N) is 1. The Labute approximate surface area is 185 Å². The highest BCUT2D eigenvalue weighted by molar-refractivity contribution is 6.11. The summed E-state index contributed by atoms with van der Waals surface area (Å²) in [6.45, 7) is 5.43. The molecule has 0 spiro atoms. The van der Waals surface area contributed by atoms with Crippen molar-refractivity contribution in [2.75, 3.05) is 5.32 Å². The molecule has 156 valence electrons. The molecule has 2 amide bonds. The number of benzene rings is 3. The summed E-state index contributed by atoms with van der Waals surface area (Å²) >= 11 is 0. The second kappa shape index (κ2) is 8.25. The Balaban J connectivity index is 1.92. The zero-order valence-corrected chi connectivity index (χ0v) is 17.4. The molecule has 4 rings (SSSR count). The van der Waals surface area contributed by atoms with Gasteiger partial charge in [0.1, 0.15) is 0 Å². The molecule has 4 aromatic rings. The minimum absolute atomic E-state index is 0.288. The fraction of sp³-hybridized carbons (Fsp3) is 0.0385. The number of nitriles is 1. The summed E-state index contributed by atoms with van der Waals surface area (Å²) in [6.07, 6.45) is 1.22. The lowest BCUT2D eigenvalue weighted by Crippen LogP contribution is -2.11. The van der Waals surface area contributed by atoms with Crippen LogP contribution in [-0.4, -0.2) is 16.8 Å². The van der Waals surface area contributed by atoms with Crippen LogP contribution in [0.15, 0.2) is 73.3 Å². The van der Waals surface area contributed by atoms with Crippen molar-refractivity contribution in [2.24, 2.45) is 5.73 Å². The quantitative estimate of drug-likeness (QED) is 0.399. The molecule has 0 aliphatic rings. The summed E-state index contributed by atoms with van der Waals surface area (Å²) in [5, 5.41) is 12.7. The maximum Gasteiger partial charge on any atom is 0.250 e. The third-order valence-corrected chi connectivity index (χ3v) is 5.45. The first kappa shape index (κ1) is 20.6. The van der Waals surface area contributed by atoms with Crippen molar-refractivity contribution in [3.8, 4) is 28.5 Å². The van der Waals surface area contributed by atoms with Gasteiger partial charge in [0.2, 0.25) is 5.91 Å². The lowest BCUT2D eigenvalue weighted by Gasteiger charge is -2.13. The van der Waals surface area contributed by atoms with Gasteiger partial charge in [-0.2, -0.15) is 5.26 Å². The smallest absolute Gasteiger partial charge is 0.250 e. The molecule has 0 aliphatic heterocycles. The Morgan fingerprint density at radius 3 is 2.50 bits per heavy atom. The average molecular weight is 420 g/mol. The van der Waals surface area contributed by atoms with Crippen LogP contribution >= 0.6 is 0 Å². The number of fused-ring (bicyclic) bond motifs is 1. The van der Waals surface area contributed by atoms with Gasteiger partial charge in [-0.05, 0) is 65.6 Å². The van der Waals surface area contributed by atoms with E-state index in [9.17, 15) is 9.59 Å². The van der Waals surface area contributed by atoms with Gasteiger partial charge in [-0.1, -0.05) is 36.9 Å². The third-order valence-electron chi connectivity index (χ3n) is 5.45. The number of hydrogen-bond acceptors (Lipinski definition) is 3. The largest absolute Gasteiger partial charge is 0.366 e. The number of aromatic amines is 1. The molecule has 0 radical (unpaired) electrons. The predicted octanol–water partition coefficient (Wildman–Crippen LogP) is 4.91. The molecule has 6 heteroatoms. The molecule has 0 saturated heterocycles. The number of primary amides is 1. The van der Waals surface area contributed by atoms with E-state index < -0.39 is 5.91 Å². The van der Waals surface area contributed by atoms with E-state index in [1.165, 1.54) is 6.08 Å². The molecular weight excluding hydrogens is 400 g/mol. The molecule has 6 nitrogen and oxygen atoms in total. The summed E-state index contributed by atoms with van der Waals surface area (Å²) < 4.78 is 0. The van der Waals surface area contributed by atoms with E-state index in [2.05, 4.69) is 22.9 Å². The van der Waals surface area contributed by atoms with Crippen molar-refractivity contribution in [1.29, 1.82) is 5.26 Å². The molecule has 1 aromatic heterocycles. The number of rotatable bonds is 5. The summed E-state index contributed by atoms with van der Waals surface area (Å²) in [4.78, 5) is 27.2. The fourth-order valence-corrected chi connectivity index (χ4v) is 3.79. The standard InChI is InChI=1S/C26H20N4O2/c1-3-24(31)29-22-6-4-5-18(15(22)2)19-11-12-20(26(28)32)25-21(19)13-23(30-25)17-9-7-16(14-27)8-10-17/h3-13,30H,1H2,2H3,(H2,28,32)(H,29,31). The molecule has 3 aromatic carbocycles. The van der Waals surface area contributed by atoms with Gasteiger partial charge >= 0.3 is 0 Å². The van der Waals surface area contributed by atoms with E-state index in [-0.39, 0.29) is 5.91 Å². The maximum atomic E-state index is 12.1. The summed E-state index contributed by atoms with van der Waals surface area (Å²) in [5.74, 6) is -0.817. The molecule has 0 fully saturated rings. The van der Waals surface area contributed by atoms with Crippen LogP contribution in [0, 0.1) is 18.3 Å². The molecule has 1 heterocycles. The first-order valence-corrected chi connectivity index (χ1v) is 9.92. The van der Waals surface area contributed by atoms with Crippen LogP contribution in [-0.2, 0) is 4.79 Å². The zero-order valence-electron chi connectivity index (χ0n) is 17.4. The molecule has 32 heavy (non-hydrogen) atoms. The van der Waals surface area contributed by atoms with Crippen LogP contribution in [0.2, 0.25) is 0 Å². The van der Waals surface area contributed by atoms with Crippen molar-refractivity contribution in [3.63, 3.8) is 0 Å². The van der Waals surface area contributed by atoms with Crippen molar-refractivity contribution in [1.82, 2.24) is 4.98 Å². The lowest BCUT2D eigenvalue weighted by atomic mass is 9.94. The van der Waals surface area contributed by atoms with Gasteiger partial charge in [0, 0.05) is 16.8 Å². The number of carbonyl (C=O) groups excluding carboxylic acids is 2. The van der Waals surface area contributed by atoms with Gasteiger partial charge in [0.05, 0.1) is 22.7 Å². The van der Waals surface area contributed by atoms with E-state index >= 15 is 0 Å². The highest BCUT2D eigenvalue weighted by Crippen LogP contribution is 2.37. The summed E-state index contributed by atoms with van der Waals surface area (Å²) in [7, 11) is 0. The van der Waals surface area contributed by atoms with Crippen LogP contribution in [0.4, 0.5) is 5.69 Å². The van der Waals surface area contributed by atoms with Gasteiger partial charge in [0.15, 0.2) is 0 Å². The van der Waals surface area contributed by atoms with Crippen molar-refractivity contribution in [3.05, 3.63) is 90.0 Å². The Hall–Kier alpha value is -4.63. The van der Waals surface area contributed by atoms with Crippen molar-refractivity contribution < 1.29 is 9.59 Å². The van der Waals surface area contributed by atoms with E-state index in [1.807, 2.05) is 49.4 Å². The summed E-state index contributed by atoms with van der Waals surface area (Å²) in [6, 6.07) is 20.5. The SMILES string of the molecule is C=CC(=O)Nc1cccc(-c2ccc(C(N)=O)c3[nH]c(-c4ccc(C#N)cc4)cc23)c1C. The van der Waals surface area contributed by atoms with Crippen LogP contribution in [0.1, 0.15) is 21.5 Å². The third kappa shape index (κ3) is 3.64. The monoisotopic (exact) mass is 420 g/mol. The number of nitrogens with two attached hydrogens (primary N) is 1. The van der Waals surface area contributed by atoms with Gasteiger partial charge in [0.25, 0.3) is 5.91 Å². The number of carbonyl (C=O) groups is 2. The normalized spacial score (nSPS) is 10.5. The molecule has 0 saturated carbocycles. The average Bonchev–Trinajstić information content (AvgIpc) is 3.25. The topological polar surface area (TPSA) is 112 Å². The van der Waals surface area contributed by atoms with Gasteiger partial charge in [-0.3, -0.25) is 9.59 Å². The Morgan fingerprint density at radius 1 is 1.09 bits per heavy atom. The summed E-state index contributed by atoms with van der Waals surface area (Å²) in [5.41, 5.74) is 12.3. The van der Waals surface area contributed by atoms with E-state index in [0.717, 1.165) is 33.3 Å². The molecular formula is C26H20N4O2. The fourth-order valence-electron chi connectivity index (χ4n) is 3.79. The second-order valence-corrected chi connectivity index (χ2v) is 7.36. The number of aromatic nitrogens is 1. The minimum atomic E-state index is -0.529. The molecule has 0 aliphatic carbocycles. The predicted molar refractivity (Wildman–Crippen MR) is 126 cm³/mol. The first-order valence-electron chi connectivity index (χ1n) is 9.92. The van der Waals surface area contributed by atoms with Crippen molar-refractivity contribution >= 4 is 28.4 Å². The second-order valence-electron chi connectivity index (χ2n) is 7.36. The van der Waals surface area contributed by atoms with E-state index in [1.54, 1.807) is 18.2 Å². The number of nitrogens with one attached hydrogen (secondary N) is 2. The number of anilines is 1. The lowest BCUT2D eigenvalue weighted by molar-refractivity contribution is -0.111. The molecule has 4 N–H and O–H groups in total. The Morgan fingerprint density at radius 2 is 1.84 bits per heavy atom. The van der Waals surface area contributed by atoms with Crippen LogP contribution < -0.4 is 11.1 Å². The van der Waals surface area contributed by atoms with Gasteiger partial charge < -0.3 is 16.0 Å². The number of amides is 2. The highest BCUT2D eigenvalue weighted by Gasteiger charge is 2.17. The maximum absolute atomic E-state index is 12.1. The van der Waals surface area contributed by atoms with Gasteiger partial charge in [-0.15, -0.1) is 0 Å². The van der Waals surface area contributed by atoms with E-state index in [0.29, 0.717) is 22.3 Å². The Bertz CT molecular complexity index is 1420. The minimum Gasteiger partial charge on any atom is -0.366 e. The highest BCUT2D eigenvalue weighted by atomic mass is 16.1.